The highest BCUT2D eigenvalue weighted by Crippen LogP contribution is 2.18. The van der Waals surface area contributed by atoms with Crippen LogP contribution in [0.5, 0.6) is 5.75 Å². The Labute approximate surface area is 143 Å². The number of benzene rings is 2. The van der Waals surface area contributed by atoms with Crippen molar-refractivity contribution >= 4 is 17.7 Å². The Hall–Kier alpha value is -3.74. The first kappa shape index (κ1) is 14.8. The normalized spacial score (nSPS) is 11.2. The minimum atomic E-state index is 0.195. The Balaban J connectivity index is 1.61. The number of phenolic OH excluding ortho intramolecular Hbond substituents is 1. The molecule has 0 amide bonds. The van der Waals surface area contributed by atoms with Crippen molar-refractivity contribution in [2.45, 2.75) is 0 Å². The van der Waals surface area contributed by atoms with Crippen LogP contribution in [0.25, 0.3) is 17.0 Å². The molecule has 0 spiro atoms. The summed E-state index contributed by atoms with van der Waals surface area (Å²) in [5, 5.41) is 26.4. The quantitative estimate of drug-likeness (QED) is 0.444. The van der Waals surface area contributed by atoms with Gasteiger partial charge in [0.1, 0.15) is 5.75 Å². The number of rotatable bonds is 4. The van der Waals surface area contributed by atoms with Crippen LogP contribution in [0.3, 0.4) is 0 Å². The van der Waals surface area contributed by atoms with Gasteiger partial charge in [-0.3, -0.25) is 5.43 Å². The number of hydrogen-bond donors (Lipinski definition) is 2. The average molecular weight is 330 g/mol. The highest BCUT2D eigenvalue weighted by atomic mass is 16.3. The van der Waals surface area contributed by atoms with Gasteiger partial charge in [-0.2, -0.15) is 9.62 Å². The van der Waals surface area contributed by atoms with Gasteiger partial charge < -0.3 is 5.11 Å². The van der Waals surface area contributed by atoms with Gasteiger partial charge in [0.2, 0.25) is 0 Å². The zero-order valence-electron chi connectivity index (χ0n) is 13.1. The number of hydrazone groups is 1. The molecule has 2 N–H and O–H groups in total. The van der Waals surface area contributed by atoms with E-state index in [1.807, 2.05) is 42.5 Å². The van der Waals surface area contributed by atoms with Gasteiger partial charge in [-0.05, 0) is 29.8 Å². The molecule has 4 rings (SSSR count). The number of aromatic nitrogens is 4. The van der Waals surface area contributed by atoms with Crippen molar-refractivity contribution in [3.63, 3.8) is 0 Å². The second kappa shape index (κ2) is 6.40. The molecule has 4 aromatic rings. The molecule has 0 aliphatic heterocycles. The third-order valence-electron chi connectivity index (χ3n) is 3.56. The summed E-state index contributed by atoms with van der Waals surface area (Å²) >= 11 is 0. The molecule has 0 fully saturated rings. The van der Waals surface area contributed by atoms with Crippen LogP contribution in [0, 0.1) is 0 Å². The lowest BCUT2D eigenvalue weighted by atomic mass is 10.2. The molecular formula is C18H14N6O. The SMILES string of the molecule is Oc1cccc(/C=N/Nc2ccc3nnc(-c4ccccc4)n3n2)c1. The second-order valence-corrected chi connectivity index (χ2v) is 5.34. The van der Waals surface area contributed by atoms with Gasteiger partial charge in [0.05, 0.1) is 6.21 Å². The Bertz CT molecular complexity index is 1040. The zero-order valence-corrected chi connectivity index (χ0v) is 13.1. The largest absolute Gasteiger partial charge is 0.508 e. The first-order valence-electron chi connectivity index (χ1n) is 7.65. The first-order chi connectivity index (χ1) is 12.3. The van der Waals surface area contributed by atoms with E-state index < -0.39 is 0 Å². The van der Waals surface area contributed by atoms with E-state index in [9.17, 15) is 5.11 Å². The maximum atomic E-state index is 9.45. The third-order valence-corrected chi connectivity index (χ3v) is 3.56. The monoisotopic (exact) mass is 330 g/mol. The summed E-state index contributed by atoms with van der Waals surface area (Å²) in [6, 6.07) is 20.2. The van der Waals surface area contributed by atoms with Crippen LogP contribution in [0.2, 0.25) is 0 Å². The maximum Gasteiger partial charge on any atom is 0.185 e. The lowest BCUT2D eigenvalue weighted by molar-refractivity contribution is 0.475. The lowest BCUT2D eigenvalue weighted by Gasteiger charge is -2.02. The molecule has 2 heterocycles. The summed E-state index contributed by atoms with van der Waals surface area (Å²) in [7, 11) is 0. The van der Waals surface area contributed by atoms with Crippen LogP contribution in [0.1, 0.15) is 5.56 Å². The van der Waals surface area contributed by atoms with Gasteiger partial charge in [-0.15, -0.1) is 15.3 Å². The van der Waals surface area contributed by atoms with Gasteiger partial charge in [0, 0.05) is 5.56 Å². The molecule has 0 aliphatic carbocycles. The van der Waals surface area contributed by atoms with E-state index >= 15 is 0 Å². The van der Waals surface area contributed by atoms with Crippen LogP contribution >= 0.6 is 0 Å². The lowest BCUT2D eigenvalue weighted by Crippen LogP contribution is -2.00. The molecule has 0 saturated heterocycles. The zero-order chi connectivity index (χ0) is 17.1. The van der Waals surface area contributed by atoms with Crippen molar-refractivity contribution in [3.8, 4) is 17.1 Å². The minimum absolute atomic E-state index is 0.195. The Kier molecular flexibility index (Phi) is 3.80. The Morgan fingerprint density at radius 2 is 1.84 bits per heavy atom. The molecule has 7 nitrogen and oxygen atoms in total. The predicted octanol–water partition coefficient (Wildman–Crippen LogP) is 2.94. The summed E-state index contributed by atoms with van der Waals surface area (Å²) in [5.41, 5.74) is 5.24. The van der Waals surface area contributed by atoms with Crippen molar-refractivity contribution < 1.29 is 5.11 Å². The van der Waals surface area contributed by atoms with Crippen molar-refractivity contribution in [1.29, 1.82) is 0 Å². The molecule has 7 heteroatoms. The van der Waals surface area contributed by atoms with Crippen LogP contribution < -0.4 is 5.43 Å². The van der Waals surface area contributed by atoms with Crippen LogP contribution in [0.4, 0.5) is 5.82 Å². The van der Waals surface area contributed by atoms with Crippen molar-refractivity contribution in [2.24, 2.45) is 5.10 Å². The van der Waals surface area contributed by atoms with Crippen molar-refractivity contribution in [2.75, 3.05) is 5.43 Å². The van der Waals surface area contributed by atoms with Crippen LogP contribution in [0.15, 0.2) is 71.8 Å². The molecule has 0 radical (unpaired) electrons. The topological polar surface area (TPSA) is 87.7 Å². The highest BCUT2D eigenvalue weighted by molar-refractivity contribution is 5.80. The second-order valence-electron chi connectivity index (χ2n) is 5.34. The molecule has 0 saturated carbocycles. The van der Waals surface area contributed by atoms with E-state index in [1.165, 1.54) is 0 Å². The van der Waals surface area contributed by atoms with Crippen LogP contribution in [-0.2, 0) is 0 Å². The number of aromatic hydroxyl groups is 1. The van der Waals surface area contributed by atoms with E-state index in [2.05, 4.69) is 25.8 Å². The van der Waals surface area contributed by atoms with Crippen LogP contribution in [-0.4, -0.2) is 31.1 Å². The molecule has 2 aromatic carbocycles. The van der Waals surface area contributed by atoms with Gasteiger partial charge >= 0.3 is 0 Å². The summed E-state index contributed by atoms with van der Waals surface area (Å²) in [6.45, 7) is 0. The molecular weight excluding hydrogens is 316 g/mol. The molecule has 122 valence electrons. The summed E-state index contributed by atoms with van der Waals surface area (Å²) in [6.07, 6.45) is 1.61. The Morgan fingerprint density at radius 1 is 0.960 bits per heavy atom. The smallest absolute Gasteiger partial charge is 0.185 e. The van der Waals surface area contributed by atoms with Crippen molar-refractivity contribution in [3.05, 3.63) is 72.3 Å². The third kappa shape index (κ3) is 3.16. The van der Waals surface area contributed by atoms with Gasteiger partial charge in [-0.1, -0.05) is 42.5 Å². The number of nitrogens with one attached hydrogen (secondary N) is 1. The molecule has 0 atom stereocenters. The van der Waals surface area contributed by atoms with Crippen molar-refractivity contribution in [1.82, 2.24) is 19.8 Å². The molecule has 2 aromatic heterocycles. The van der Waals surface area contributed by atoms with Gasteiger partial charge in [0.25, 0.3) is 0 Å². The number of fused-ring (bicyclic) bond motifs is 1. The Morgan fingerprint density at radius 3 is 2.68 bits per heavy atom. The highest BCUT2D eigenvalue weighted by Gasteiger charge is 2.09. The summed E-state index contributed by atoms with van der Waals surface area (Å²) < 4.78 is 1.67. The van der Waals surface area contributed by atoms with E-state index in [1.54, 1.807) is 35.0 Å². The fraction of sp³-hybridized carbons (Fsp3) is 0. The molecule has 0 bridgehead atoms. The fourth-order valence-corrected chi connectivity index (χ4v) is 2.39. The van der Waals surface area contributed by atoms with E-state index in [0.717, 1.165) is 11.1 Å². The number of nitrogens with zero attached hydrogens (tertiary/aromatic N) is 5. The average Bonchev–Trinajstić information content (AvgIpc) is 3.06. The van der Waals surface area contributed by atoms with E-state index in [0.29, 0.717) is 17.3 Å². The fourth-order valence-electron chi connectivity index (χ4n) is 2.39. The standard InChI is InChI=1S/C18H14N6O/c25-15-8-4-5-13(11-15)12-19-20-16-9-10-17-21-22-18(24(17)23-16)14-6-2-1-3-7-14/h1-12,25H,(H,20,23)/b19-12+. The predicted molar refractivity (Wildman–Crippen MR) is 95.5 cm³/mol. The van der Waals surface area contributed by atoms with Gasteiger partial charge in [-0.25, -0.2) is 0 Å². The summed E-state index contributed by atoms with van der Waals surface area (Å²) in [5.74, 6) is 1.41. The molecule has 0 aliphatic rings. The molecule has 25 heavy (non-hydrogen) atoms. The molecule has 0 unspecified atom stereocenters. The van der Waals surface area contributed by atoms with E-state index in [-0.39, 0.29) is 5.75 Å². The minimum Gasteiger partial charge on any atom is -0.508 e. The van der Waals surface area contributed by atoms with Gasteiger partial charge in [0.15, 0.2) is 17.3 Å². The first-order valence-corrected chi connectivity index (χ1v) is 7.65. The number of hydrogen-bond acceptors (Lipinski definition) is 6. The van der Waals surface area contributed by atoms with E-state index in [4.69, 9.17) is 0 Å². The maximum absolute atomic E-state index is 9.45. The summed E-state index contributed by atoms with van der Waals surface area (Å²) in [4.78, 5) is 0. The number of anilines is 1. The number of phenols is 1.